The quantitative estimate of drug-likeness (QED) is 0.884. The van der Waals surface area contributed by atoms with Crippen LogP contribution in [0.4, 0.5) is 0 Å². The van der Waals surface area contributed by atoms with E-state index in [9.17, 15) is 4.79 Å². The molecule has 0 saturated heterocycles. The summed E-state index contributed by atoms with van der Waals surface area (Å²) in [5.74, 6) is 1.12. The number of nitrogens with zero attached hydrogens (tertiary/aromatic N) is 3. The van der Waals surface area contributed by atoms with Crippen LogP contribution in [0.2, 0.25) is 0 Å². The summed E-state index contributed by atoms with van der Waals surface area (Å²) in [5, 5.41) is 8.91. The molecule has 0 radical (unpaired) electrons. The Hall–Kier alpha value is -2.48. The van der Waals surface area contributed by atoms with E-state index in [2.05, 4.69) is 15.0 Å². The van der Waals surface area contributed by atoms with E-state index >= 15 is 0 Å². The molecule has 1 aliphatic rings. The van der Waals surface area contributed by atoms with Crippen LogP contribution in [0.25, 0.3) is 11.3 Å². The average molecular weight is 252 g/mol. The number of nitrogens with one attached hydrogen (secondary N) is 1. The summed E-state index contributed by atoms with van der Waals surface area (Å²) in [6.07, 6.45) is 5.27. The molecule has 1 saturated carbocycles. The van der Waals surface area contributed by atoms with Crippen LogP contribution in [0.5, 0.6) is 0 Å². The zero-order chi connectivity index (χ0) is 13.4. The predicted octanol–water partition coefficient (Wildman–Crippen LogP) is 1.89. The lowest BCUT2D eigenvalue weighted by Crippen LogP contribution is -2.15. The molecule has 1 fully saturated rings. The lowest BCUT2D eigenvalue weighted by molar-refractivity contribution is 0.900. The highest BCUT2D eigenvalue weighted by atomic mass is 16.1. The summed E-state index contributed by atoms with van der Waals surface area (Å²) in [6, 6.07) is 3.75. The van der Waals surface area contributed by atoms with Gasteiger partial charge in [0.05, 0.1) is 11.3 Å². The van der Waals surface area contributed by atoms with Gasteiger partial charge in [0.1, 0.15) is 11.9 Å². The van der Waals surface area contributed by atoms with Gasteiger partial charge in [-0.05, 0) is 25.8 Å². The lowest BCUT2D eigenvalue weighted by atomic mass is 10.1. The van der Waals surface area contributed by atoms with E-state index in [0.717, 1.165) is 18.7 Å². The van der Waals surface area contributed by atoms with E-state index in [1.165, 1.54) is 6.20 Å². The minimum absolute atomic E-state index is 0.116. The molecule has 0 bridgehead atoms. The molecule has 5 heteroatoms. The second kappa shape index (κ2) is 4.32. The van der Waals surface area contributed by atoms with Crippen molar-refractivity contribution >= 4 is 0 Å². The maximum atomic E-state index is 11.9. The molecule has 1 N–H and O–H groups in total. The van der Waals surface area contributed by atoms with Gasteiger partial charge in [-0.1, -0.05) is 0 Å². The van der Waals surface area contributed by atoms with E-state index in [1.807, 2.05) is 6.07 Å². The van der Waals surface area contributed by atoms with Gasteiger partial charge in [-0.25, -0.2) is 4.98 Å². The molecular weight excluding hydrogens is 240 g/mol. The van der Waals surface area contributed by atoms with Crippen molar-refractivity contribution in [3.05, 3.63) is 45.8 Å². The Kier molecular flexibility index (Phi) is 2.64. The molecule has 2 aromatic heterocycles. The molecule has 3 rings (SSSR count). The Bertz CT molecular complexity index is 738. The van der Waals surface area contributed by atoms with Gasteiger partial charge in [0.15, 0.2) is 0 Å². The fourth-order valence-corrected chi connectivity index (χ4v) is 2.01. The highest BCUT2D eigenvalue weighted by molar-refractivity contribution is 5.63. The first-order chi connectivity index (χ1) is 9.19. The smallest absolute Gasteiger partial charge is 0.254 e. The number of aromatic nitrogens is 3. The first-order valence-corrected chi connectivity index (χ1v) is 6.15. The molecule has 94 valence electrons. The molecular formula is C14H12N4O. The van der Waals surface area contributed by atoms with Crippen LogP contribution >= 0.6 is 0 Å². The van der Waals surface area contributed by atoms with Gasteiger partial charge in [-0.15, -0.1) is 0 Å². The van der Waals surface area contributed by atoms with E-state index in [0.29, 0.717) is 28.3 Å². The van der Waals surface area contributed by atoms with Crippen LogP contribution in [-0.2, 0) is 0 Å². The minimum Gasteiger partial charge on any atom is -0.310 e. The zero-order valence-corrected chi connectivity index (χ0v) is 10.5. The third-order valence-corrected chi connectivity index (χ3v) is 3.27. The second-order valence-corrected chi connectivity index (χ2v) is 4.77. The first-order valence-electron chi connectivity index (χ1n) is 6.15. The topological polar surface area (TPSA) is 82.4 Å². The van der Waals surface area contributed by atoms with Gasteiger partial charge in [-0.2, -0.15) is 5.26 Å². The van der Waals surface area contributed by atoms with E-state index in [1.54, 1.807) is 19.2 Å². The van der Waals surface area contributed by atoms with Crippen LogP contribution in [0.1, 0.15) is 35.7 Å². The van der Waals surface area contributed by atoms with Crippen LogP contribution in [0.3, 0.4) is 0 Å². The molecule has 0 aromatic carbocycles. The molecule has 2 heterocycles. The van der Waals surface area contributed by atoms with Gasteiger partial charge >= 0.3 is 0 Å². The SMILES string of the molecule is Cc1c(-c2cncc(C#N)c2)nc(C2CC2)[nH]c1=O. The zero-order valence-electron chi connectivity index (χ0n) is 10.5. The molecule has 19 heavy (non-hydrogen) atoms. The van der Waals surface area contributed by atoms with Gasteiger partial charge < -0.3 is 4.98 Å². The molecule has 0 spiro atoms. The molecule has 0 aliphatic heterocycles. The van der Waals surface area contributed by atoms with Crippen molar-refractivity contribution in [3.8, 4) is 17.3 Å². The van der Waals surface area contributed by atoms with Crippen molar-refractivity contribution in [3.63, 3.8) is 0 Å². The van der Waals surface area contributed by atoms with Gasteiger partial charge in [-0.3, -0.25) is 9.78 Å². The summed E-state index contributed by atoms with van der Waals surface area (Å²) in [5.41, 5.74) is 2.24. The van der Waals surface area contributed by atoms with E-state index in [4.69, 9.17) is 5.26 Å². The summed E-state index contributed by atoms with van der Waals surface area (Å²) in [6.45, 7) is 1.73. The van der Waals surface area contributed by atoms with E-state index < -0.39 is 0 Å². The van der Waals surface area contributed by atoms with Crippen molar-refractivity contribution in [2.75, 3.05) is 0 Å². The van der Waals surface area contributed by atoms with Crippen LogP contribution < -0.4 is 5.56 Å². The monoisotopic (exact) mass is 252 g/mol. The highest BCUT2D eigenvalue weighted by Crippen LogP contribution is 2.38. The van der Waals surface area contributed by atoms with Crippen molar-refractivity contribution in [1.82, 2.24) is 15.0 Å². The Labute approximate surface area is 110 Å². The molecule has 1 aliphatic carbocycles. The number of rotatable bonds is 2. The third-order valence-electron chi connectivity index (χ3n) is 3.27. The number of pyridine rings is 1. The summed E-state index contributed by atoms with van der Waals surface area (Å²) < 4.78 is 0. The highest BCUT2D eigenvalue weighted by Gasteiger charge is 2.27. The number of hydrogen-bond donors (Lipinski definition) is 1. The number of nitriles is 1. The number of aromatic amines is 1. The number of H-pyrrole nitrogens is 1. The summed E-state index contributed by atoms with van der Waals surface area (Å²) in [7, 11) is 0. The Morgan fingerprint density at radius 1 is 1.42 bits per heavy atom. The Morgan fingerprint density at radius 2 is 2.21 bits per heavy atom. The summed E-state index contributed by atoms with van der Waals surface area (Å²) in [4.78, 5) is 23.3. The molecule has 0 amide bonds. The van der Waals surface area contributed by atoms with Crippen molar-refractivity contribution in [2.45, 2.75) is 25.7 Å². The average Bonchev–Trinajstić information content (AvgIpc) is 3.26. The van der Waals surface area contributed by atoms with Gasteiger partial charge in [0, 0.05) is 29.4 Å². The van der Waals surface area contributed by atoms with Crippen LogP contribution in [0.15, 0.2) is 23.3 Å². The van der Waals surface area contributed by atoms with Gasteiger partial charge in [0.2, 0.25) is 0 Å². The molecule has 0 unspecified atom stereocenters. The largest absolute Gasteiger partial charge is 0.310 e. The van der Waals surface area contributed by atoms with Gasteiger partial charge in [0.25, 0.3) is 5.56 Å². The first kappa shape index (κ1) is 11.6. The number of hydrogen-bond acceptors (Lipinski definition) is 4. The molecule has 5 nitrogen and oxygen atoms in total. The fraction of sp³-hybridized carbons (Fsp3) is 0.286. The van der Waals surface area contributed by atoms with Crippen molar-refractivity contribution in [1.29, 1.82) is 5.26 Å². The minimum atomic E-state index is -0.116. The second-order valence-electron chi connectivity index (χ2n) is 4.77. The summed E-state index contributed by atoms with van der Waals surface area (Å²) >= 11 is 0. The maximum absolute atomic E-state index is 11.9. The Balaban J connectivity index is 2.18. The van der Waals surface area contributed by atoms with Crippen LogP contribution in [-0.4, -0.2) is 15.0 Å². The standard InChI is InChI=1S/C14H12N4O/c1-8-12(11-4-9(5-15)6-16-7-11)17-13(10-2-3-10)18-14(8)19/h4,6-7,10H,2-3H2,1H3,(H,17,18,19). The third kappa shape index (κ3) is 2.13. The molecule has 0 atom stereocenters. The lowest BCUT2D eigenvalue weighted by Gasteiger charge is -2.07. The van der Waals surface area contributed by atoms with Crippen LogP contribution in [0, 0.1) is 18.3 Å². The predicted molar refractivity (Wildman–Crippen MR) is 69.5 cm³/mol. The van der Waals surface area contributed by atoms with Crippen molar-refractivity contribution in [2.24, 2.45) is 0 Å². The fourth-order valence-electron chi connectivity index (χ4n) is 2.01. The normalized spacial score (nSPS) is 14.1. The maximum Gasteiger partial charge on any atom is 0.254 e. The Morgan fingerprint density at radius 3 is 2.89 bits per heavy atom. The van der Waals surface area contributed by atoms with Crippen molar-refractivity contribution < 1.29 is 0 Å². The molecule has 2 aromatic rings. The van der Waals surface area contributed by atoms with E-state index in [-0.39, 0.29) is 5.56 Å².